The van der Waals surface area contributed by atoms with Crippen LogP contribution in [-0.4, -0.2) is 83.3 Å². The average Bonchev–Trinajstić information content (AvgIpc) is 2.96. The number of aromatic nitrogens is 2. The number of carbonyl (C=O) groups is 3. The Bertz CT molecular complexity index is 1290. The van der Waals surface area contributed by atoms with Crippen molar-refractivity contribution < 1.29 is 14.4 Å². The largest absolute Gasteiger partial charge is 0.368 e. The molecule has 0 unspecified atom stereocenters. The fraction of sp³-hybridized carbons (Fsp3) is 0.276. The molecule has 1 aromatic heterocycles. The summed E-state index contributed by atoms with van der Waals surface area (Å²) >= 11 is 0. The number of rotatable bonds is 9. The van der Waals surface area contributed by atoms with Crippen LogP contribution in [0.25, 0.3) is 17.5 Å². The van der Waals surface area contributed by atoms with Gasteiger partial charge in [0.15, 0.2) is 5.82 Å². The highest BCUT2D eigenvalue weighted by Gasteiger charge is 2.26. The molecule has 0 spiro atoms. The fourth-order valence-corrected chi connectivity index (χ4v) is 4.10. The topological polar surface area (TPSA) is 120 Å². The number of anilines is 2. The van der Waals surface area contributed by atoms with Gasteiger partial charge in [0, 0.05) is 64.4 Å². The molecule has 202 valence electrons. The quantitative estimate of drug-likeness (QED) is 0.289. The van der Waals surface area contributed by atoms with E-state index in [1.54, 1.807) is 11.0 Å². The molecule has 1 aliphatic heterocycles. The lowest BCUT2D eigenvalue weighted by molar-refractivity contribution is -0.144. The van der Waals surface area contributed by atoms with E-state index in [0.29, 0.717) is 50.9 Å². The predicted octanol–water partition coefficient (Wildman–Crippen LogP) is 2.49. The van der Waals surface area contributed by atoms with Gasteiger partial charge in [-0.3, -0.25) is 19.3 Å². The smallest absolute Gasteiger partial charge is 0.315 e. The Kier molecular flexibility index (Phi) is 9.74. The Labute approximate surface area is 228 Å². The summed E-state index contributed by atoms with van der Waals surface area (Å²) in [7, 11) is 0. The Morgan fingerprint density at radius 2 is 1.54 bits per heavy atom. The van der Waals surface area contributed by atoms with Crippen LogP contribution in [0.5, 0.6) is 0 Å². The average molecular weight is 528 g/mol. The minimum atomic E-state index is -0.741. The van der Waals surface area contributed by atoms with E-state index in [-0.39, 0.29) is 11.7 Å². The first kappa shape index (κ1) is 27.5. The Balaban J connectivity index is 1.34. The standard InChI is InChI=1S/C29H33N7O3/c1-22(37)30-14-15-31-25-21-26(33-27(32-25)24-12-6-3-7-13-24)34-28(38)29(39)36-19-17-35(18-20-36)16-8-11-23-9-4-2-5-10-23/h2-13,21H,14-20H2,1H3,(H,30,37)(H2,31,32,33,34,38). The van der Waals surface area contributed by atoms with Crippen molar-refractivity contribution >= 4 is 35.4 Å². The molecule has 3 aromatic rings. The normalized spacial score (nSPS) is 13.7. The molecule has 10 nitrogen and oxygen atoms in total. The van der Waals surface area contributed by atoms with Crippen LogP contribution in [-0.2, 0) is 14.4 Å². The number of carbonyl (C=O) groups excluding carboxylic acids is 3. The van der Waals surface area contributed by atoms with Crippen LogP contribution in [0.2, 0.25) is 0 Å². The second-order valence-electron chi connectivity index (χ2n) is 9.10. The van der Waals surface area contributed by atoms with Gasteiger partial charge in [0.1, 0.15) is 11.6 Å². The first-order valence-corrected chi connectivity index (χ1v) is 12.9. The monoisotopic (exact) mass is 527 g/mol. The van der Waals surface area contributed by atoms with Crippen LogP contribution in [0.15, 0.2) is 72.8 Å². The van der Waals surface area contributed by atoms with Crippen LogP contribution in [0.4, 0.5) is 11.6 Å². The summed E-state index contributed by atoms with van der Waals surface area (Å²) in [6, 6.07) is 21.0. The highest BCUT2D eigenvalue weighted by atomic mass is 16.2. The van der Waals surface area contributed by atoms with Crippen LogP contribution >= 0.6 is 0 Å². The summed E-state index contributed by atoms with van der Waals surface area (Å²) in [5.74, 6) is -0.368. The highest BCUT2D eigenvalue weighted by molar-refractivity contribution is 6.39. The van der Waals surface area contributed by atoms with Gasteiger partial charge in [-0.15, -0.1) is 0 Å². The predicted molar refractivity (Wildman–Crippen MR) is 152 cm³/mol. The third-order valence-corrected chi connectivity index (χ3v) is 6.13. The van der Waals surface area contributed by atoms with E-state index in [0.717, 1.165) is 17.7 Å². The third kappa shape index (κ3) is 8.47. The van der Waals surface area contributed by atoms with E-state index in [1.165, 1.54) is 6.92 Å². The molecule has 1 aliphatic rings. The number of nitrogens with zero attached hydrogens (tertiary/aromatic N) is 4. The van der Waals surface area contributed by atoms with Gasteiger partial charge in [0.05, 0.1) is 0 Å². The lowest BCUT2D eigenvalue weighted by Gasteiger charge is -2.33. The highest BCUT2D eigenvalue weighted by Crippen LogP contribution is 2.20. The summed E-state index contributed by atoms with van der Waals surface area (Å²) in [6.07, 6.45) is 4.19. The number of benzene rings is 2. The maximum absolute atomic E-state index is 12.9. The number of nitrogens with one attached hydrogen (secondary N) is 3. The van der Waals surface area contributed by atoms with Crippen molar-refractivity contribution in [1.82, 2.24) is 25.1 Å². The number of hydrogen-bond acceptors (Lipinski definition) is 7. The van der Waals surface area contributed by atoms with Gasteiger partial charge in [-0.1, -0.05) is 72.8 Å². The second-order valence-corrected chi connectivity index (χ2v) is 9.10. The van der Waals surface area contributed by atoms with Crippen molar-refractivity contribution in [3.05, 3.63) is 78.4 Å². The van der Waals surface area contributed by atoms with Crippen molar-refractivity contribution in [3.63, 3.8) is 0 Å². The van der Waals surface area contributed by atoms with Crippen molar-refractivity contribution in [3.8, 4) is 11.4 Å². The maximum Gasteiger partial charge on any atom is 0.315 e. The Morgan fingerprint density at radius 3 is 2.23 bits per heavy atom. The van der Waals surface area contributed by atoms with E-state index in [2.05, 4.69) is 55.1 Å². The summed E-state index contributed by atoms with van der Waals surface area (Å²) in [4.78, 5) is 49.7. The van der Waals surface area contributed by atoms with Gasteiger partial charge in [-0.05, 0) is 5.56 Å². The molecule has 4 rings (SSSR count). The van der Waals surface area contributed by atoms with Crippen molar-refractivity contribution in [2.75, 3.05) is 56.4 Å². The second kappa shape index (κ2) is 13.8. The lowest BCUT2D eigenvalue weighted by Crippen LogP contribution is -2.51. The number of amides is 3. The van der Waals surface area contributed by atoms with E-state index in [1.807, 2.05) is 48.5 Å². The van der Waals surface area contributed by atoms with Crippen LogP contribution < -0.4 is 16.0 Å². The van der Waals surface area contributed by atoms with Gasteiger partial charge < -0.3 is 20.9 Å². The SMILES string of the molecule is CC(=O)NCCNc1cc(NC(=O)C(=O)N2CCN(CC=Cc3ccccc3)CC2)nc(-c2ccccc2)n1. The molecule has 1 fully saturated rings. The molecule has 0 bridgehead atoms. The van der Waals surface area contributed by atoms with Crippen molar-refractivity contribution in [1.29, 1.82) is 0 Å². The molecule has 0 aliphatic carbocycles. The minimum absolute atomic E-state index is 0.125. The molecule has 2 heterocycles. The summed E-state index contributed by atoms with van der Waals surface area (Å²) < 4.78 is 0. The molecular weight excluding hydrogens is 494 g/mol. The molecule has 2 aromatic carbocycles. The van der Waals surface area contributed by atoms with Gasteiger partial charge in [0.25, 0.3) is 0 Å². The molecule has 39 heavy (non-hydrogen) atoms. The van der Waals surface area contributed by atoms with E-state index >= 15 is 0 Å². The van der Waals surface area contributed by atoms with Gasteiger partial charge in [-0.25, -0.2) is 9.97 Å². The fourth-order valence-electron chi connectivity index (χ4n) is 4.10. The zero-order chi connectivity index (χ0) is 27.5. The molecule has 0 saturated carbocycles. The lowest BCUT2D eigenvalue weighted by atomic mass is 10.2. The van der Waals surface area contributed by atoms with Gasteiger partial charge >= 0.3 is 11.8 Å². The summed E-state index contributed by atoms with van der Waals surface area (Å²) in [6.45, 7) is 5.39. The molecular formula is C29H33N7O3. The zero-order valence-electron chi connectivity index (χ0n) is 22.0. The van der Waals surface area contributed by atoms with E-state index in [9.17, 15) is 14.4 Å². The Morgan fingerprint density at radius 1 is 0.872 bits per heavy atom. The Hall–Kier alpha value is -4.57. The first-order chi connectivity index (χ1) is 19.0. The molecule has 1 saturated heterocycles. The zero-order valence-corrected chi connectivity index (χ0v) is 22.0. The minimum Gasteiger partial charge on any atom is -0.368 e. The number of hydrogen-bond donors (Lipinski definition) is 3. The molecule has 0 atom stereocenters. The molecule has 10 heteroatoms. The molecule has 3 N–H and O–H groups in total. The van der Waals surface area contributed by atoms with E-state index in [4.69, 9.17) is 0 Å². The first-order valence-electron chi connectivity index (χ1n) is 12.9. The van der Waals surface area contributed by atoms with Gasteiger partial charge in [-0.2, -0.15) is 0 Å². The third-order valence-electron chi connectivity index (χ3n) is 6.13. The van der Waals surface area contributed by atoms with Crippen LogP contribution in [0.3, 0.4) is 0 Å². The molecule has 0 radical (unpaired) electrons. The molecule has 3 amide bonds. The van der Waals surface area contributed by atoms with E-state index < -0.39 is 11.8 Å². The van der Waals surface area contributed by atoms with Crippen molar-refractivity contribution in [2.24, 2.45) is 0 Å². The van der Waals surface area contributed by atoms with Gasteiger partial charge in [0.2, 0.25) is 5.91 Å². The summed E-state index contributed by atoms with van der Waals surface area (Å²) in [5.41, 5.74) is 1.91. The maximum atomic E-state index is 12.9. The van der Waals surface area contributed by atoms with Crippen molar-refractivity contribution in [2.45, 2.75) is 6.92 Å². The summed E-state index contributed by atoms with van der Waals surface area (Å²) in [5, 5.41) is 8.48. The number of piperazine rings is 1. The van der Waals surface area contributed by atoms with Crippen LogP contribution in [0, 0.1) is 0 Å². The van der Waals surface area contributed by atoms with Crippen LogP contribution in [0.1, 0.15) is 12.5 Å².